The Morgan fingerprint density at radius 3 is 2.65 bits per heavy atom. The van der Waals surface area contributed by atoms with Crippen LogP contribution in [0.4, 0.5) is 21.9 Å². The molecule has 0 bridgehead atoms. The van der Waals surface area contributed by atoms with Crippen LogP contribution in [0.5, 0.6) is 5.75 Å². The summed E-state index contributed by atoms with van der Waals surface area (Å²) in [7, 11) is 6.33. The van der Waals surface area contributed by atoms with E-state index in [9.17, 15) is 9.90 Å². The third-order valence-electron chi connectivity index (χ3n) is 7.48. The number of hydrogen-bond acceptors (Lipinski definition) is 10. The first-order chi connectivity index (χ1) is 22.1. The lowest BCUT2D eigenvalue weighted by Gasteiger charge is -2.28. The summed E-state index contributed by atoms with van der Waals surface area (Å²) in [6, 6.07) is 15.8. The zero-order valence-electron chi connectivity index (χ0n) is 26.3. The monoisotopic (exact) mass is 654 g/mol. The molecule has 0 spiro atoms. The van der Waals surface area contributed by atoms with Gasteiger partial charge in [0.2, 0.25) is 0 Å². The predicted octanol–water partition coefficient (Wildman–Crippen LogP) is 6.45. The van der Waals surface area contributed by atoms with Crippen LogP contribution in [-0.4, -0.2) is 76.6 Å². The Bertz CT molecular complexity index is 1900. The molecule has 6 rings (SSSR count). The van der Waals surface area contributed by atoms with Crippen LogP contribution in [0.15, 0.2) is 48.5 Å². The van der Waals surface area contributed by atoms with Gasteiger partial charge in [0.1, 0.15) is 12.3 Å². The average Bonchev–Trinajstić information content (AvgIpc) is 3.65. The molecule has 1 aliphatic rings. The molecule has 0 saturated carbocycles. The number of fused-ring (bicyclic) bond motifs is 2. The van der Waals surface area contributed by atoms with Gasteiger partial charge in [-0.15, -0.1) is 21.5 Å². The van der Waals surface area contributed by atoms with E-state index in [2.05, 4.69) is 58.5 Å². The summed E-state index contributed by atoms with van der Waals surface area (Å²) >= 11 is 2.97. The van der Waals surface area contributed by atoms with Crippen LogP contribution in [0.1, 0.15) is 44.9 Å². The maximum absolute atomic E-state index is 12.2. The molecule has 236 valence electrons. The van der Waals surface area contributed by atoms with Crippen LogP contribution in [0.3, 0.4) is 0 Å². The SMILES string of the molecule is Cc1c(Nc2nc3ccccc3s2)nnc2c1CCCN2c1nc(C(=O)O)c(CCCOc2ccc(C#CC[N+](C)(C)C)cc2)s1. The van der Waals surface area contributed by atoms with Crippen LogP contribution < -0.4 is 15.0 Å². The summed E-state index contributed by atoms with van der Waals surface area (Å²) in [5.74, 6) is 7.53. The number of thiazole rings is 2. The van der Waals surface area contributed by atoms with Crippen LogP contribution in [-0.2, 0) is 12.8 Å². The van der Waals surface area contributed by atoms with E-state index in [0.717, 1.165) is 72.4 Å². The number of aromatic carboxylic acids is 1. The third-order valence-corrected chi connectivity index (χ3v) is 9.57. The number of benzene rings is 2. The molecule has 0 fully saturated rings. The maximum atomic E-state index is 12.2. The molecular formula is C34H36N7O3S2+. The third kappa shape index (κ3) is 7.28. The lowest BCUT2D eigenvalue weighted by Crippen LogP contribution is -2.34. The largest absolute Gasteiger partial charge is 0.494 e. The number of aromatic nitrogens is 4. The van der Waals surface area contributed by atoms with Crippen molar-refractivity contribution in [2.45, 2.75) is 32.6 Å². The maximum Gasteiger partial charge on any atom is 0.355 e. The highest BCUT2D eigenvalue weighted by Crippen LogP contribution is 2.39. The van der Waals surface area contributed by atoms with Gasteiger partial charge in [0, 0.05) is 28.1 Å². The van der Waals surface area contributed by atoms with Gasteiger partial charge >= 0.3 is 5.97 Å². The zero-order chi connectivity index (χ0) is 32.3. The minimum atomic E-state index is -1.03. The van der Waals surface area contributed by atoms with E-state index in [1.54, 1.807) is 11.3 Å². The van der Waals surface area contributed by atoms with Gasteiger partial charge in [-0.05, 0) is 74.9 Å². The molecule has 0 radical (unpaired) electrons. The fourth-order valence-corrected chi connectivity index (χ4v) is 7.12. The lowest BCUT2D eigenvalue weighted by atomic mass is 10.0. The van der Waals surface area contributed by atoms with Gasteiger partial charge < -0.3 is 24.5 Å². The van der Waals surface area contributed by atoms with E-state index in [1.165, 1.54) is 11.3 Å². The summed E-state index contributed by atoms with van der Waals surface area (Å²) in [6.45, 7) is 3.96. The number of carboxylic acids is 1. The molecule has 0 unspecified atom stereocenters. The first kappa shape index (κ1) is 31.4. The molecule has 1 aliphatic heterocycles. The molecule has 12 heteroatoms. The fourth-order valence-electron chi connectivity index (χ4n) is 5.14. The fraction of sp³-hybridized carbons (Fsp3) is 0.324. The molecule has 10 nitrogen and oxygen atoms in total. The van der Waals surface area contributed by atoms with Crippen molar-refractivity contribution in [2.24, 2.45) is 0 Å². The van der Waals surface area contributed by atoms with E-state index in [-0.39, 0.29) is 5.69 Å². The molecule has 0 aliphatic carbocycles. The van der Waals surface area contributed by atoms with Gasteiger partial charge in [-0.25, -0.2) is 14.8 Å². The number of carboxylic acid groups (broad SMARTS) is 1. The van der Waals surface area contributed by atoms with Crippen molar-refractivity contribution < 1.29 is 19.1 Å². The van der Waals surface area contributed by atoms with E-state index in [1.807, 2.05) is 60.4 Å². The number of para-hydroxylation sites is 1. The van der Waals surface area contributed by atoms with Crippen LogP contribution in [0.25, 0.3) is 10.2 Å². The average molecular weight is 655 g/mol. The van der Waals surface area contributed by atoms with Gasteiger partial charge in [-0.1, -0.05) is 29.4 Å². The molecule has 2 aromatic carbocycles. The highest BCUT2D eigenvalue weighted by Gasteiger charge is 2.28. The Balaban J connectivity index is 1.11. The van der Waals surface area contributed by atoms with E-state index in [0.29, 0.717) is 36.9 Å². The van der Waals surface area contributed by atoms with E-state index >= 15 is 0 Å². The zero-order valence-corrected chi connectivity index (χ0v) is 28.0. The van der Waals surface area contributed by atoms with Gasteiger partial charge in [0.15, 0.2) is 27.6 Å². The second-order valence-corrected chi connectivity index (χ2v) is 14.2. The molecule has 0 amide bonds. The normalized spacial score (nSPS) is 12.8. The highest BCUT2D eigenvalue weighted by atomic mass is 32.1. The number of anilines is 4. The van der Waals surface area contributed by atoms with E-state index < -0.39 is 5.97 Å². The van der Waals surface area contributed by atoms with Crippen LogP contribution in [0, 0.1) is 18.8 Å². The lowest BCUT2D eigenvalue weighted by molar-refractivity contribution is -0.862. The van der Waals surface area contributed by atoms with Crippen molar-refractivity contribution >= 4 is 60.8 Å². The van der Waals surface area contributed by atoms with Gasteiger partial charge in [-0.3, -0.25) is 0 Å². The molecule has 4 heterocycles. The van der Waals surface area contributed by atoms with Crippen molar-refractivity contribution in [3.05, 3.63) is 75.8 Å². The topological polar surface area (TPSA) is 113 Å². The summed E-state index contributed by atoms with van der Waals surface area (Å²) in [5.41, 5.74) is 4.06. The summed E-state index contributed by atoms with van der Waals surface area (Å²) < 4.78 is 7.84. The number of nitrogens with zero attached hydrogens (tertiary/aromatic N) is 6. The Hall–Kier alpha value is -4.57. The van der Waals surface area contributed by atoms with Crippen LogP contribution in [0.2, 0.25) is 0 Å². The number of rotatable bonds is 10. The van der Waals surface area contributed by atoms with Gasteiger partial charge in [-0.2, -0.15) is 0 Å². The molecule has 3 aromatic heterocycles. The van der Waals surface area contributed by atoms with Gasteiger partial charge in [0.05, 0.1) is 38.0 Å². The molecule has 0 atom stereocenters. The second kappa shape index (κ2) is 13.4. The minimum Gasteiger partial charge on any atom is -0.494 e. The number of carbonyl (C=O) groups is 1. The smallest absolute Gasteiger partial charge is 0.355 e. The first-order valence-corrected chi connectivity index (χ1v) is 16.8. The van der Waals surface area contributed by atoms with Crippen molar-refractivity contribution in [1.82, 2.24) is 20.2 Å². The summed E-state index contributed by atoms with van der Waals surface area (Å²) in [5, 5.41) is 23.8. The number of ether oxygens (including phenoxy) is 1. The highest BCUT2D eigenvalue weighted by molar-refractivity contribution is 7.22. The Morgan fingerprint density at radius 2 is 1.89 bits per heavy atom. The minimum absolute atomic E-state index is 0.0859. The Morgan fingerprint density at radius 1 is 1.09 bits per heavy atom. The predicted molar refractivity (Wildman–Crippen MR) is 184 cm³/mol. The van der Waals surface area contributed by atoms with Crippen molar-refractivity contribution in [3.63, 3.8) is 0 Å². The molecule has 46 heavy (non-hydrogen) atoms. The molecule has 0 saturated heterocycles. The Kier molecular flexibility index (Phi) is 9.17. The van der Waals surface area contributed by atoms with E-state index in [4.69, 9.17) is 4.74 Å². The van der Waals surface area contributed by atoms with Crippen LogP contribution >= 0.6 is 22.7 Å². The standard InChI is InChI=1S/C34H35N7O3S2/c1-22-25-11-7-19-40(31(25)39-38-30(22)37-33-35-26-12-5-6-13-27(26)45-33)34-36-29(32(42)43)28(46-34)14-9-21-44-24-17-15-23(16-18-24)10-8-20-41(2,3)4/h5-6,12-13,15-18H,7,9,11,14,19-21H2,1-4H3,(H-,35,37,38,42,43)/p+1. The van der Waals surface area contributed by atoms with Crippen molar-refractivity contribution in [2.75, 3.05) is 51.1 Å². The molecule has 2 N–H and O–H groups in total. The number of nitrogens with one attached hydrogen (secondary N) is 1. The Labute approximate surface area is 276 Å². The summed E-state index contributed by atoms with van der Waals surface area (Å²) in [6.07, 6.45) is 2.95. The second-order valence-electron chi connectivity index (χ2n) is 12.1. The first-order valence-electron chi connectivity index (χ1n) is 15.2. The molecular weight excluding hydrogens is 619 g/mol. The van der Waals surface area contributed by atoms with Crippen molar-refractivity contribution in [3.8, 4) is 17.6 Å². The van der Waals surface area contributed by atoms with Crippen molar-refractivity contribution in [1.29, 1.82) is 0 Å². The number of aryl methyl sites for hydroxylation is 1. The number of hydrogen-bond donors (Lipinski definition) is 2. The molecule has 5 aromatic rings. The van der Waals surface area contributed by atoms with Gasteiger partial charge in [0.25, 0.3) is 0 Å². The summed E-state index contributed by atoms with van der Waals surface area (Å²) in [4.78, 5) is 24.1. The number of quaternary nitrogens is 1. The quantitative estimate of drug-likeness (QED) is 0.0997.